The molecule has 0 saturated carbocycles. The number of nitrogens with one attached hydrogen (secondary N) is 1. The van der Waals surface area contributed by atoms with Gasteiger partial charge in [-0.3, -0.25) is 10.8 Å². The first-order valence-corrected chi connectivity index (χ1v) is 6.86. The lowest BCUT2D eigenvalue weighted by atomic mass is 10.00. The predicted octanol–water partition coefficient (Wildman–Crippen LogP) is 2.43. The van der Waals surface area contributed by atoms with Crippen molar-refractivity contribution < 1.29 is 9.47 Å². The van der Waals surface area contributed by atoms with Gasteiger partial charge in [0.25, 0.3) is 0 Å². The number of nitrogens with two attached hydrogens (primary N) is 1. The van der Waals surface area contributed by atoms with E-state index in [9.17, 15) is 0 Å². The van der Waals surface area contributed by atoms with E-state index in [0.717, 1.165) is 22.6 Å². The molecule has 5 nitrogen and oxygen atoms in total. The average Bonchev–Trinajstić information content (AvgIpc) is 2.48. The Hall–Kier alpha value is -2.11. The molecule has 0 fully saturated rings. The fraction of sp³-hybridized carbons (Fsp3) is 0.312. The van der Waals surface area contributed by atoms with Gasteiger partial charge in [-0.15, -0.1) is 0 Å². The van der Waals surface area contributed by atoms with Crippen LogP contribution < -0.4 is 20.7 Å². The third-order valence-corrected chi connectivity index (χ3v) is 3.06. The van der Waals surface area contributed by atoms with Gasteiger partial charge in [0.05, 0.1) is 25.5 Å². The van der Waals surface area contributed by atoms with Crippen LogP contribution in [0, 0.1) is 0 Å². The van der Waals surface area contributed by atoms with Gasteiger partial charge in [0, 0.05) is 11.8 Å². The number of nitrogens with zero attached hydrogens (tertiary/aromatic N) is 1. The normalized spacial score (nSPS) is 12.2. The van der Waals surface area contributed by atoms with Crippen molar-refractivity contribution in [3.8, 4) is 11.5 Å². The van der Waals surface area contributed by atoms with Gasteiger partial charge < -0.3 is 9.47 Å². The van der Waals surface area contributed by atoms with Crippen molar-refractivity contribution in [3.05, 3.63) is 53.9 Å². The Bertz CT molecular complexity index is 587. The third kappa shape index (κ3) is 3.71. The molecule has 0 aliphatic rings. The number of hydrogen-bond acceptors (Lipinski definition) is 5. The summed E-state index contributed by atoms with van der Waals surface area (Å²) < 4.78 is 11.1. The Morgan fingerprint density at radius 3 is 2.62 bits per heavy atom. The first kappa shape index (κ1) is 15.3. The minimum atomic E-state index is -0.218. The molecule has 112 valence electrons. The van der Waals surface area contributed by atoms with Gasteiger partial charge in [0.2, 0.25) is 0 Å². The van der Waals surface area contributed by atoms with Crippen LogP contribution in [0.4, 0.5) is 0 Å². The first-order valence-electron chi connectivity index (χ1n) is 6.86. The van der Waals surface area contributed by atoms with Gasteiger partial charge in [0.1, 0.15) is 11.5 Å². The van der Waals surface area contributed by atoms with Gasteiger partial charge in [-0.2, -0.15) is 0 Å². The number of hydrazine groups is 1. The quantitative estimate of drug-likeness (QED) is 0.631. The third-order valence-electron chi connectivity index (χ3n) is 3.06. The van der Waals surface area contributed by atoms with E-state index in [4.69, 9.17) is 15.3 Å². The van der Waals surface area contributed by atoms with E-state index in [1.54, 1.807) is 19.5 Å². The Balaban J connectivity index is 2.37. The van der Waals surface area contributed by atoms with Gasteiger partial charge >= 0.3 is 0 Å². The Kier molecular flexibility index (Phi) is 5.14. The predicted molar refractivity (Wildman–Crippen MR) is 82.2 cm³/mol. The molecule has 0 amide bonds. The first-order chi connectivity index (χ1) is 10.2. The number of methoxy groups -OCH3 is 1. The highest BCUT2D eigenvalue weighted by molar-refractivity contribution is 5.42. The summed E-state index contributed by atoms with van der Waals surface area (Å²) in [5, 5.41) is 0. The van der Waals surface area contributed by atoms with Gasteiger partial charge in [-0.1, -0.05) is 18.2 Å². The fourth-order valence-corrected chi connectivity index (χ4v) is 2.20. The average molecular weight is 287 g/mol. The summed E-state index contributed by atoms with van der Waals surface area (Å²) in [6, 6.07) is 9.46. The van der Waals surface area contributed by atoms with E-state index in [1.165, 1.54) is 0 Å². The van der Waals surface area contributed by atoms with Crippen LogP contribution >= 0.6 is 0 Å². The monoisotopic (exact) mass is 287 g/mol. The molecule has 1 unspecified atom stereocenters. The number of para-hydroxylation sites is 1. The smallest absolute Gasteiger partial charge is 0.138 e. The van der Waals surface area contributed by atoms with Crippen molar-refractivity contribution in [2.24, 2.45) is 5.84 Å². The highest BCUT2D eigenvalue weighted by Crippen LogP contribution is 2.30. The maximum absolute atomic E-state index is 5.74. The summed E-state index contributed by atoms with van der Waals surface area (Å²) in [5.41, 5.74) is 4.68. The second-order valence-electron chi connectivity index (χ2n) is 4.96. The van der Waals surface area contributed by atoms with Gasteiger partial charge in [-0.05, 0) is 31.5 Å². The molecule has 1 heterocycles. The van der Waals surface area contributed by atoms with Crippen molar-refractivity contribution in [3.63, 3.8) is 0 Å². The van der Waals surface area contributed by atoms with Crippen molar-refractivity contribution in [1.82, 2.24) is 10.4 Å². The van der Waals surface area contributed by atoms with Crippen molar-refractivity contribution in [2.75, 3.05) is 7.11 Å². The molecule has 0 bridgehead atoms. The molecule has 5 heteroatoms. The topological polar surface area (TPSA) is 69.4 Å². The number of pyridine rings is 1. The van der Waals surface area contributed by atoms with Crippen molar-refractivity contribution >= 4 is 0 Å². The number of benzene rings is 1. The molecule has 21 heavy (non-hydrogen) atoms. The van der Waals surface area contributed by atoms with E-state index in [1.807, 2.05) is 44.2 Å². The summed E-state index contributed by atoms with van der Waals surface area (Å²) in [4.78, 5) is 4.23. The molecular formula is C16H21N3O2. The second-order valence-corrected chi connectivity index (χ2v) is 4.96. The number of ether oxygens (including phenoxy) is 2. The maximum Gasteiger partial charge on any atom is 0.138 e. The maximum atomic E-state index is 5.74. The molecule has 2 rings (SSSR count). The molecule has 0 radical (unpaired) electrons. The fourth-order valence-electron chi connectivity index (χ4n) is 2.20. The van der Waals surface area contributed by atoms with Gasteiger partial charge in [0.15, 0.2) is 0 Å². The summed E-state index contributed by atoms with van der Waals surface area (Å²) in [5.74, 6) is 7.23. The van der Waals surface area contributed by atoms with Crippen LogP contribution in [0.1, 0.15) is 31.0 Å². The van der Waals surface area contributed by atoms with Crippen LogP contribution in [0.3, 0.4) is 0 Å². The minimum Gasteiger partial charge on any atom is -0.496 e. The lowest BCUT2D eigenvalue weighted by Gasteiger charge is -2.20. The zero-order chi connectivity index (χ0) is 15.2. The van der Waals surface area contributed by atoms with E-state index >= 15 is 0 Å². The van der Waals surface area contributed by atoms with E-state index in [2.05, 4.69) is 10.4 Å². The molecule has 0 saturated heterocycles. The summed E-state index contributed by atoms with van der Waals surface area (Å²) in [6.45, 7) is 3.96. The molecule has 0 spiro atoms. The van der Waals surface area contributed by atoms with Crippen LogP contribution in [-0.2, 0) is 0 Å². The van der Waals surface area contributed by atoms with E-state index < -0.39 is 0 Å². The highest BCUT2D eigenvalue weighted by Gasteiger charge is 2.17. The molecule has 0 aliphatic heterocycles. The Labute approximate surface area is 125 Å². The standard InChI is InChI=1S/C16H21N3O2/c1-11(2)21-13-8-12(9-18-10-13)16(19-17)14-6-4-5-7-15(14)20-3/h4-11,16,19H,17H2,1-3H3. The van der Waals surface area contributed by atoms with E-state index in [0.29, 0.717) is 0 Å². The molecule has 0 aliphatic carbocycles. The minimum absolute atomic E-state index is 0.0950. The molecule has 1 aromatic carbocycles. The zero-order valence-corrected chi connectivity index (χ0v) is 12.5. The summed E-state index contributed by atoms with van der Waals surface area (Å²) in [6.07, 6.45) is 3.56. The lowest BCUT2D eigenvalue weighted by molar-refractivity contribution is 0.241. The van der Waals surface area contributed by atoms with Crippen LogP contribution in [0.2, 0.25) is 0 Å². The highest BCUT2D eigenvalue weighted by atomic mass is 16.5. The van der Waals surface area contributed by atoms with Crippen LogP contribution in [0.15, 0.2) is 42.7 Å². The summed E-state index contributed by atoms with van der Waals surface area (Å²) >= 11 is 0. The second kappa shape index (κ2) is 7.06. The zero-order valence-electron chi connectivity index (χ0n) is 12.5. The molecule has 1 atom stereocenters. The van der Waals surface area contributed by atoms with Crippen LogP contribution in [0.25, 0.3) is 0 Å². The number of aromatic nitrogens is 1. The lowest BCUT2D eigenvalue weighted by Crippen LogP contribution is -2.29. The molecular weight excluding hydrogens is 266 g/mol. The van der Waals surface area contributed by atoms with E-state index in [-0.39, 0.29) is 12.1 Å². The number of rotatable bonds is 6. The molecule has 1 aromatic heterocycles. The van der Waals surface area contributed by atoms with Gasteiger partial charge in [-0.25, -0.2) is 5.43 Å². The molecule has 2 aromatic rings. The van der Waals surface area contributed by atoms with Crippen LogP contribution in [-0.4, -0.2) is 18.2 Å². The van der Waals surface area contributed by atoms with Crippen LogP contribution in [0.5, 0.6) is 11.5 Å². The number of hydrogen-bond donors (Lipinski definition) is 2. The van der Waals surface area contributed by atoms with Crippen molar-refractivity contribution in [1.29, 1.82) is 0 Å². The Morgan fingerprint density at radius 2 is 1.95 bits per heavy atom. The molecule has 3 N–H and O–H groups in total. The summed E-state index contributed by atoms with van der Waals surface area (Å²) in [7, 11) is 1.64. The Morgan fingerprint density at radius 1 is 1.19 bits per heavy atom. The largest absolute Gasteiger partial charge is 0.496 e. The van der Waals surface area contributed by atoms with Crippen molar-refractivity contribution in [2.45, 2.75) is 26.0 Å². The SMILES string of the molecule is COc1ccccc1C(NN)c1cncc(OC(C)C)c1.